The number of nitrogens with one attached hydrogen (secondary N) is 3. The van der Waals surface area contributed by atoms with Crippen LogP contribution in [-0.4, -0.2) is 34.1 Å². The van der Waals surface area contributed by atoms with E-state index in [9.17, 15) is 19.7 Å². The lowest BCUT2D eigenvalue weighted by atomic mass is 10.0. The maximum atomic E-state index is 12.5. The van der Waals surface area contributed by atoms with Crippen molar-refractivity contribution in [3.05, 3.63) is 112 Å². The minimum Gasteiger partial charge on any atom is -0.461 e. The fourth-order valence-corrected chi connectivity index (χ4v) is 3.24. The van der Waals surface area contributed by atoms with Crippen LogP contribution < -0.4 is 10.9 Å². The van der Waals surface area contributed by atoms with Crippen LogP contribution in [0.3, 0.4) is 0 Å². The minimum atomic E-state index is -1.08. The highest BCUT2D eigenvalue weighted by molar-refractivity contribution is 6.69. The van der Waals surface area contributed by atoms with E-state index in [0.29, 0.717) is 16.7 Å². The number of carbonyl (C=O) groups is 2. The summed E-state index contributed by atoms with van der Waals surface area (Å²) in [4.78, 5) is 35.6. The van der Waals surface area contributed by atoms with Crippen molar-refractivity contribution in [1.82, 2.24) is 10.9 Å². The molecule has 11 heteroatoms. The van der Waals surface area contributed by atoms with Crippen molar-refractivity contribution in [2.24, 2.45) is 10.2 Å². The average molecular weight is 470 g/mol. The van der Waals surface area contributed by atoms with E-state index >= 15 is 0 Å². The third-order valence-electron chi connectivity index (χ3n) is 4.94. The first kappa shape index (κ1) is 23.0. The van der Waals surface area contributed by atoms with Gasteiger partial charge < -0.3 is 4.74 Å². The van der Waals surface area contributed by atoms with Gasteiger partial charge in [-0.15, -0.1) is 0 Å². The van der Waals surface area contributed by atoms with E-state index in [2.05, 4.69) is 21.1 Å². The number of hydrazone groups is 2. The highest BCUT2D eigenvalue weighted by Gasteiger charge is 2.38. The number of ether oxygens (including phenoxy) is 1. The van der Waals surface area contributed by atoms with Gasteiger partial charge in [0.15, 0.2) is 11.8 Å². The van der Waals surface area contributed by atoms with E-state index in [4.69, 9.17) is 10.1 Å². The highest BCUT2D eigenvalue weighted by atomic mass is 16.6. The molecule has 174 valence electrons. The second kappa shape index (κ2) is 10.2. The monoisotopic (exact) mass is 470 g/mol. The smallest absolute Gasteiger partial charge is 0.271 e. The molecule has 0 radical (unpaired) electrons. The fourth-order valence-electron chi connectivity index (χ4n) is 3.24. The Kier molecular flexibility index (Phi) is 6.68. The molecular weight excluding hydrogens is 452 g/mol. The summed E-state index contributed by atoms with van der Waals surface area (Å²) in [7, 11) is 0. The van der Waals surface area contributed by atoms with E-state index in [1.165, 1.54) is 18.2 Å². The SMILES string of the molecule is N=C1OC(c2cccc([N+](=O)[O-])c2)C(=N\NC(=O)c2ccccc2)/C1=N/NC(=O)c1ccccc1. The van der Waals surface area contributed by atoms with Gasteiger partial charge in [-0.25, -0.2) is 10.9 Å². The zero-order valence-corrected chi connectivity index (χ0v) is 18.0. The van der Waals surface area contributed by atoms with Gasteiger partial charge in [0.2, 0.25) is 5.90 Å². The molecule has 1 unspecified atom stereocenters. The third kappa shape index (κ3) is 5.25. The zero-order chi connectivity index (χ0) is 24.8. The summed E-state index contributed by atoms with van der Waals surface area (Å²) in [5, 5.41) is 27.6. The molecule has 0 spiro atoms. The Morgan fingerprint density at radius 1 is 0.857 bits per heavy atom. The van der Waals surface area contributed by atoms with Gasteiger partial charge in [-0.3, -0.25) is 25.1 Å². The number of hydrogen-bond donors (Lipinski definition) is 3. The molecule has 2 amide bonds. The molecule has 1 saturated heterocycles. The van der Waals surface area contributed by atoms with Gasteiger partial charge >= 0.3 is 0 Å². The highest BCUT2D eigenvalue weighted by Crippen LogP contribution is 2.29. The van der Waals surface area contributed by atoms with E-state index in [1.807, 2.05) is 0 Å². The molecule has 1 heterocycles. The van der Waals surface area contributed by atoms with Crippen molar-refractivity contribution < 1.29 is 19.2 Å². The molecule has 3 N–H and O–H groups in total. The van der Waals surface area contributed by atoms with Crippen molar-refractivity contribution in [3.8, 4) is 0 Å². The number of benzene rings is 3. The third-order valence-corrected chi connectivity index (χ3v) is 4.94. The van der Waals surface area contributed by atoms with Crippen molar-refractivity contribution in [2.45, 2.75) is 6.10 Å². The number of amides is 2. The van der Waals surface area contributed by atoms with Gasteiger partial charge in [0.1, 0.15) is 5.71 Å². The first-order chi connectivity index (χ1) is 16.9. The number of nitrogens with zero attached hydrogens (tertiary/aromatic N) is 3. The second-order valence-electron chi connectivity index (χ2n) is 7.25. The van der Waals surface area contributed by atoms with Crippen molar-refractivity contribution in [1.29, 1.82) is 5.41 Å². The fraction of sp³-hybridized carbons (Fsp3) is 0.0417. The largest absolute Gasteiger partial charge is 0.461 e. The molecule has 0 aliphatic carbocycles. The van der Waals surface area contributed by atoms with Gasteiger partial charge in [-0.1, -0.05) is 48.5 Å². The van der Waals surface area contributed by atoms with Gasteiger partial charge in [-0.05, 0) is 24.3 Å². The van der Waals surface area contributed by atoms with Crippen LogP contribution in [0.25, 0.3) is 0 Å². The summed E-state index contributed by atoms with van der Waals surface area (Å²) < 4.78 is 5.58. The number of carbonyl (C=O) groups excluding carboxylic acids is 2. The molecule has 3 aromatic rings. The number of non-ortho nitro benzene ring substituents is 1. The van der Waals surface area contributed by atoms with E-state index in [0.717, 1.165) is 0 Å². The van der Waals surface area contributed by atoms with Crippen LogP contribution >= 0.6 is 0 Å². The number of nitro benzene ring substituents is 1. The van der Waals surface area contributed by atoms with Crippen LogP contribution in [0.15, 0.2) is 95.1 Å². The van der Waals surface area contributed by atoms with E-state index in [1.54, 1.807) is 66.7 Å². The summed E-state index contributed by atoms with van der Waals surface area (Å²) >= 11 is 0. The van der Waals surface area contributed by atoms with Crippen LogP contribution in [0.4, 0.5) is 5.69 Å². The number of rotatable bonds is 6. The predicted octanol–water partition coefficient (Wildman–Crippen LogP) is 3.22. The Balaban J connectivity index is 1.68. The maximum absolute atomic E-state index is 12.5. The molecule has 4 rings (SSSR count). The van der Waals surface area contributed by atoms with Gasteiger partial charge in [-0.2, -0.15) is 10.2 Å². The second-order valence-corrected chi connectivity index (χ2v) is 7.25. The molecule has 11 nitrogen and oxygen atoms in total. The molecule has 1 atom stereocenters. The van der Waals surface area contributed by atoms with Crippen molar-refractivity contribution in [3.63, 3.8) is 0 Å². The quantitative estimate of drug-likeness (QED) is 0.372. The first-order valence-corrected chi connectivity index (χ1v) is 10.3. The molecule has 0 bridgehead atoms. The van der Waals surface area contributed by atoms with E-state index < -0.39 is 28.7 Å². The lowest BCUT2D eigenvalue weighted by Gasteiger charge is -2.10. The average Bonchev–Trinajstić information content (AvgIpc) is 3.21. The lowest BCUT2D eigenvalue weighted by Crippen LogP contribution is -2.28. The van der Waals surface area contributed by atoms with Gasteiger partial charge in [0.25, 0.3) is 17.5 Å². The summed E-state index contributed by atoms with van der Waals surface area (Å²) in [6.45, 7) is 0. The molecule has 0 saturated carbocycles. The van der Waals surface area contributed by atoms with Crippen LogP contribution in [0, 0.1) is 15.5 Å². The summed E-state index contributed by atoms with van der Waals surface area (Å²) in [6, 6.07) is 22.2. The predicted molar refractivity (Wildman–Crippen MR) is 127 cm³/mol. The minimum absolute atomic E-state index is 0.00635. The lowest BCUT2D eigenvalue weighted by molar-refractivity contribution is -0.384. The number of nitro groups is 1. The Hall–Kier alpha value is -5.19. The molecule has 3 aromatic carbocycles. The topological polar surface area (TPSA) is 159 Å². The summed E-state index contributed by atoms with van der Waals surface area (Å²) in [5.74, 6) is -1.48. The van der Waals surface area contributed by atoms with Crippen molar-refractivity contribution in [2.75, 3.05) is 0 Å². The normalized spacial score (nSPS) is 17.1. The standard InChI is InChI=1S/C24H18N6O5/c25-22-20(27-29-24(32)16-10-5-2-6-11-16)19(26-28-23(31)15-8-3-1-4-9-15)21(35-22)17-12-7-13-18(14-17)30(33)34/h1-14,21,25H,(H,28,31)(H,29,32)/b25-22?,26-19-,27-20-. The van der Waals surface area contributed by atoms with Crippen LogP contribution in [0.2, 0.25) is 0 Å². The summed E-state index contributed by atoms with van der Waals surface area (Å²) in [6.07, 6.45) is -1.08. The molecular formula is C24H18N6O5. The van der Waals surface area contributed by atoms with Crippen LogP contribution in [0.5, 0.6) is 0 Å². The first-order valence-electron chi connectivity index (χ1n) is 10.3. The Morgan fingerprint density at radius 3 is 2.00 bits per heavy atom. The zero-order valence-electron chi connectivity index (χ0n) is 18.0. The molecule has 1 aliphatic heterocycles. The van der Waals surface area contributed by atoms with E-state index in [-0.39, 0.29) is 17.1 Å². The molecule has 1 fully saturated rings. The summed E-state index contributed by atoms with van der Waals surface area (Å²) in [5.41, 5.74) is 5.41. The van der Waals surface area contributed by atoms with Crippen molar-refractivity contribution >= 4 is 34.8 Å². The Bertz CT molecular complexity index is 1360. The maximum Gasteiger partial charge on any atom is 0.271 e. The molecule has 35 heavy (non-hydrogen) atoms. The number of hydrogen-bond acceptors (Lipinski definition) is 8. The Morgan fingerprint density at radius 2 is 1.43 bits per heavy atom. The van der Waals surface area contributed by atoms with Gasteiger partial charge in [0, 0.05) is 28.8 Å². The molecule has 0 aromatic heterocycles. The van der Waals surface area contributed by atoms with Crippen LogP contribution in [0.1, 0.15) is 32.4 Å². The van der Waals surface area contributed by atoms with Crippen LogP contribution in [-0.2, 0) is 4.74 Å². The Labute approximate surface area is 198 Å². The van der Waals surface area contributed by atoms with Gasteiger partial charge in [0.05, 0.1) is 4.92 Å². The molecule has 1 aliphatic rings.